The Bertz CT molecular complexity index is 416. The van der Waals surface area contributed by atoms with Crippen LogP contribution in [0.1, 0.15) is 36.0 Å². The molecule has 2 rings (SSSR count). The summed E-state index contributed by atoms with van der Waals surface area (Å²) in [7, 11) is 1.54. The first kappa shape index (κ1) is 12.9. The fourth-order valence-electron chi connectivity index (χ4n) is 2.23. The highest BCUT2D eigenvalue weighted by Gasteiger charge is 2.25. The summed E-state index contributed by atoms with van der Waals surface area (Å²) >= 11 is 0. The van der Waals surface area contributed by atoms with E-state index in [0.29, 0.717) is 17.1 Å². The zero-order valence-electron chi connectivity index (χ0n) is 10.5. The van der Waals surface area contributed by atoms with Gasteiger partial charge in [0, 0.05) is 5.56 Å². The molecule has 18 heavy (non-hydrogen) atoms. The molecule has 1 aliphatic rings. The van der Waals surface area contributed by atoms with Gasteiger partial charge in [0.25, 0.3) is 0 Å². The molecule has 1 aromatic carbocycles. The molecule has 0 aliphatic heterocycles. The van der Waals surface area contributed by atoms with Crippen molar-refractivity contribution in [1.82, 2.24) is 0 Å². The summed E-state index contributed by atoms with van der Waals surface area (Å²) in [5, 5.41) is 9.87. The van der Waals surface area contributed by atoms with Crippen molar-refractivity contribution in [2.24, 2.45) is 0 Å². The third kappa shape index (κ3) is 2.82. The highest BCUT2D eigenvalue weighted by molar-refractivity contribution is 5.76. The highest BCUT2D eigenvalue weighted by Crippen LogP contribution is 2.31. The lowest BCUT2D eigenvalue weighted by Gasteiger charge is -2.28. The molecule has 2 unspecified atom stereocenters. The molecule has 0 aromatic heterocycles. The Balaban J connectivity index is 2.14. The predicted molar refractivity (Wildman–Crippen MR) is 67.3 cm³/mol. The molecule has 4 heteroatoms. The molecular weight excluding hydrogens is 232 g/mol. The van der Waals surface area contributed by atoms with Gasteiger partial charge in [0.2, 0.25) is 0 Å². The van der Waals surface area contributed by atoms with Crippen molar-refractivity contribution >= 4 is 6.29 Å². The van der Waals surface area contributed by atoms with Gasteiger partial charge in [-0.05, 0) is 37.5 Å². The Kier molecular flexibility index (Phi) is 4.20. The fourth-order valence-corrected chi connectivity index (χ4v) is 2.23. The van der Waals surface area contributed by atoms with E-state index in [1.807, 2.05) is 0 Å². The average molecular weight is 250 g/mol. The van der Waals surface area contributed by atoms with Gasteiger partial charge < -0.3 is 14.6 Å². The van der Waals surface area contributed by atoms with E-state index in [0.717, 1.165) is 32.0 Å². The third-order valence-corrected chi connectivity index (χ3v) is 3.27. The maximum absolute atomic E-state index is 10.7. The van der Waals surface area contributed by atoms with Gasteiger partial charge in [0.05, 0.1) is 13.2 Å². The monoisotopic (exact) mass is 250 g/mol. The Hall–Kier alpha value is -1.55. The number of aldehydes is 1. The number of rotatable bonds is 4. The smallest absolute Gasteiger partial charge is 0.161 e. The molecule has 1 fully saturated rings. The summed E-state index contributed by atoms with van der Waals surface area (Å²) in [6, 6.07) is 5.03. The van der Waals surface area contributed by atoms with Crippen molar-refractivity contribution in [3.8, 4) is 11.5 Å². The van der Waals surface area contributed by atoms with Gasteiger partial charge in [-0.2, -0.15) is 0 Å². The fraction of sp³-hybridized carbons (Fsp3) is 0.500. The topological polar surface area (TPSA) is 55.8 Å². The van der Waals surface area contributed by atoms with E-state index in [1.54, 1.807) is 18.2 Å². The van der Waals surface area contributed by atoms with Gasteiger partial charge in [0.15, 0.2) is 11.5 Å². The number of carbonyl (C=O) groups excluding carboxylic acids is 1. The van der Waals surface area contributed by atoms with Gasteiger partial charge in [-0.25, -0.2) is 0 Å². The second-order valence-corrected chi connectivity index (χ2v) is 4.54. The molecule has 0 bridgehead atoms. The molecule has 4 nitrogen and oxygen atoms in total. The molecule has 1 aromatic rings. The van der Waals surface area contributed by atoms with E-state index in [2.05, 4.69) is 0 Å². The van der Waals surface area contributed by atoms with Crippen LogP contribution in [0.5, 0.6) is 11.5 Å². The first-order valence-corrected chi connectivity index (χ1v) is 6.22. The Morgan fingerprint density at radius 2 is 2.06 bits per heavy atom. The molecule has 1 saturated carbocycles. The van der Waals surface area contributed by atoms with Crippen LogP contribution in [0.4, 0.5) is 0 Å². The highest BCUT2D eigenvalue weighted by atomic mass is 16.5. The van der Waals surface area contributed by atoms with Gasteiger partial charge in [-0.3, -0.25) is 4.79 Å². The summed E-state index contributed by atoms with van der Waals surface area (Å²) in [5.41, 5.74) is 0.545. The average Bonchev–Trinajstić information content (AvgIpc) is 2.41. The van der Waals surface area contributed by atoms with Crippen molar-refractivity contribution in [3.05, 3.63) is 23.8 Å². The first-order valence-electron chi connectivity index (χ1n) is 6.22. The lowest BCUT2D eigenvalue weighted by Crippen LogP contribution is -2.34. The van der Waals surface area contributed by atoms with Crippen LogP contribution >= 0.6 is 0 Å². The lowest BCUT2D eigenvalue weighted by atomic mass is 9.95. The van der Waals surface area contributed by atoms with Crippen LogP contribution in [0.15, 0.2) is 18.2 Å². The molecule has 0 heterocycles. The number of aliphatic hydroxyl groups is 1. The third-order valence-electron chi connectivity index (χ3n) is 3.27. The second kappa shape index (κ2) is 5.87. The standard InChI is InChI=1S/C14H18O4/c1-17-14-8-10(9-15)6-7-13(14)18-12-5-3-2-4-11(12)16/h6-9,11-12,16H,2-5H2,1H3. The SMILES string of the molecule is COc1cc(C=O)ccc1OC1CCCCC1O. The van der Waals surface area contributed by atoms with E-state index in [4.69, 9.17) is 9.47 Å². The summed E-state index contributed by atoms with van der Waals surface area (Å²) in [4.78, 5) is 10.7. The molecule has 98 valence electrons. The van der Waals surface area contributed by atoms with Crippen LogP contribution in [0, 0.1) is 0 Å². The second-order valence-electron chi connectivity index (χ2n) is 4.54. The van der Waals surface area contributed by atoms with Crippen molar-refractivity contribution in [1.29, 1.82) is 0 Å². The first-order chi connectivity index (χ1) is 8.74. The van der Waals surface area contributed by atoms with Crippen LogP contribution in [0.3, 0.4) is 0 Å². The number of benzene rings is 1. The van der Waals surface area contributed by atoms with Crippen LogP contribution in [0.25, 0.3) is 0 Å². The molecule has 0 spiro atoms. The van der Waals surface area contributed by atoms with E-state index in [9.17, 15) is 9.90 Å². The van der Waals surface area contributed by atoms with E-state index in [1.165, 1.54) is 7.11 Å². The molecular formula is C14H18O4. The minimum absolute atomic E-state index is 0.185. The van der Waals surface area contributed by atoms with Crippen LogP contribution < -0.4 is 9.47 Å². The summed E-state index contributed by atoms with van der Waals surface area (Å²) in [6.07, 6.45) is 3.89. The predicted octanol–water partition coefficient (Wildman–Crippen LogP) is 2.19. The van der Waals surface area contributed by atoms with Gasteiger partial charge in [0.1, 0.15) is 12.4 Å². The minimum atomic E-state index is -0.422. The van der Waals surface area contributed by atoms with Crippen molar-refractivity contribution in [2.75, 3.05) is 7.11 Å². The van der Waals surface area contributed by atoms with Crippen molar-refractivity contribution < 1.29 is 19.4 Å². The zero-order valence-corrected chi connectivity index (χ0v) is 10.5. The van der Waals surface area contributed by atoms with Crippen molar-refractivity contribution in [2.45, 2.75) is 37.9 Å². The maximum Gasteiger partial charge on any atom is 0.161 e. The van der Waals surface area contributed by atoms with Gasteiger partial charge >= 0.3 is 0 Å². The molecule has 0 amide bonds. The van der Waals surface area contributed by atoms with Crippen molar-refractivity contribution in [3.63, 3.8) is 0 Å². The Morgan fingerprint density at radius 3 is 2.72 bits per heavy atom. The molecule has 2 atom stereocenters. The number of hydrogen-bond acceptors (Lipinski definition) is 4. The van der Waals surface area contributed by atoms with E-state index in [-0.39, 0.29) is 6.10 Å². The molecule has 1 aliphatic carbocycles. The summed E-state index contributed by atoms with van der Waals surface area (Å²) in [6.45, 7) is 0. The number of aliphatic hydroxyl groups excluding tert-OH is 1. The van der Waals surface area contributed by atoms with E-state index < -0.39 is 6.10 Å². The summed E-state index contributed by atoms with van der Waals surface area (Å²) in [5.74, 6) is 1.10. The molecule has 1 N–H and O–H groups in total. The van der Waals surface area contributed by atoms with Crippen LogP contribution in [-0.2, 0) is 0 Å². The van der Waals surface area contributed by atoms with E-state index >= 15 is 0 Å². The Labute approximate surface area is 107 Å². The number of hydrogen-bond donors (Lipinski definition) is 1. The van der Waals surface area contributed by atoms with Gasteiger partial charge in [-0.1, -0.05) is 6.42 Å². The van der Waals surface area contributed by atoms with Gasteiger partial charge in [-0.15, -0.1) is 0 Å². The molecule has 0 radical (unpaired) electrons. The lowest BCUT2D eigenvalue weighted by molar-refractivity contribution is 0.00567. The Morgan fingerprint density at radius 1 is 1.28 bits per heavy atom. The largest absolute Gasteiger partial charge is 0.493 e. The zero-order chi connectivity index (χ0) is 13.0. The summed E-state index contributed by atoms with van der Waals surface area (Å²) < 4.78 is 11.0. The quantitative estimate of drug-likeness (QED) is 0.832. The number of methoxy groups -OCH3 is 1. The molecule has 0 saturated heterocycles. The minimum Gasteiger partial charge on any atom is -0.493 e. The maximum atomic E-state index is 10.7. The number of ether oxygens (including phenoxy) is 2. The normalized spacial score (nSPS) is 23.4. The van der Waals surface area contributed by atoms with Crippen LogP contribution in [-0.4, -0.2) is 30.7 Å². The number of carbonyl (C=O) groups is 1. The van der Waals surface area contributed by atoms with Crippen LogP contribution in [0.2, 0.25) is 0 Å².